The number of rotatable bonds is 9. The van der Waals surface area contributed by atoms with Crippen LogP contribution in [0.1, 0.15) is 26.7 Å². The normalized spacial score (nSPS) is 13.5. The van der Waals surface area contributed by atoms with Gasteiger partial charge in [-0.1, -0.05) is 13.8 Å². The number of aliphatic carboxylic acids is 2. The smallest absolute Gasteiger partial charge is 0.320 e. The number of halogens is 1. The van der Waals surface area contributed by atoms with Crippen LogP contribution in [0.5, 0.6) is 0 Å². The van der Waals surface area contributed by atoms with Gasteiger partial charge in [-0.25, -0.2) is 0 Å². The van der Waals surface area contributed by atoms with Crippen LogP contribution in [0, 0.1) is 0 Å². The predicted octanol–water partition coefficient (Wildman–Crippen LogP) is 0.314. The largest absolute Gasteiger partial charge is 0.480 e. The van der Waals surface area contributed by atoms with Crippen molar-refractivity contribution in [2.24, 2.45) is 0 Å². The Morgan fingerprint density at radius 3 is 1.41 bits per heavy atom. The zero-order chi connectivity index (χ0) is 12.6. The molecule has 0 aliphatic carbocycles. The maximum absolute atomic E-state index is 10.6. The second kappa shape index (κ2) is 10.3. The molecular formula is C10H21ClN2O4. The average molecular weight is 269 g/mol. The van der Waals surface area contributed by atoms with Gasteiger partial charge >= 0.3 is 11.9 Å². The molecule has 0 aromatic carbocycles. The maximum Gasteiger partial charge on any atom is 0.320 e. The highest BCUT2D eigenvalue weighted by Gasteiger charge is 2.15. The highest BCUT2D eigenvalue weighted by atomic mass is 35.5. The van der Waals surface area contributed by atoms with Crippen LogP contribution in [0.15, 0.2) is 0 Å². The third kappa shape index (κ3) is 7.95. The van der Waals surface area contributed by atoms with E-state index in [1.54, 1.807) is 13.8 Å². The Kier molecular flexibility index (Phi) is 11.2. The Balaban J connectivity index is 0. The van der Waals surface area contributed by atoms with Gasteiger partial charge in [-0.2, -0.15) is 0 Å². The van der Waals surface area contributed by atoms with Crippen LogP contribution in [-0.2, 0) is 9.59 Å². The van der Waals surface area contributed by atoms with Crippen molar-refractivity contribution in [3.8, 4) is 0 Å². The molecule has 102 valence electrons. The molecule has 4 N–H and O–H groups in total. The topological polar surface area (TPSA) is 98.7 Å². The highest BCUT2D eigenvalue weighted by molar-refractivity contribution is 5.85. The molecule has 6 nitrogen and oxygen atoms in total. The minimum absolute atomic E-state index is 0. The van der Waals surface area contributed by atoms with Gasteiger partial charge in [-0.05, 0) is 12.8 Å². The van der Waals surface area contributed by atoms with Crippen molar-refractivity contribution >= 4 is 24.3 Å². The summed E-state index contributed by atoms with van der Waals surface area (Å²) in [6.07, 6.45) is 1.01. The molecule has 0 aromatic rings. The molecule has 0 aromatic heterocycles. The van der Waals surface area contributed by atoms with Gasteiger partial charge in [-0.3, -0.25) is 9.59 Å². The first-order chi connectivity index (χ1) is 7.52. The monoisotopic (exact) mass is 268 g/mol. The van der Waals surface area contributed by atoms with E-state index in [0.29, 0.717) is 25.9 Å². The fraction of sp³-hybridized carbons (Fsp3) is 0.800. The van der Waals surface area contributed by atoms with E-state index in [1.165, 1.54) is 0 Å². The van der Waals surface area contributed by atoms with E-state index in [4.69, 9.17) is 10.2 Å². The molecule has 0 aliphatic rings. The van der Waals surface area contributed by atoms with Crippen molar-refractivity contribution in [2.45, 2.75) is 38.8 Å². The van der Waals surface area contributed by atoms with E-state index in [9.17, 15) is 9.59 Å². The maximum atomic E-state index is 10.6. The van der Waals surface area contributed by atoms with Crippen molar-refractivity contribution in [1.29, 1.82) is 0 Å². The molecule has 17 heavy (non-hydrogen) atoms. The van der Waals surface area contributed by atoms with E-state index in [-0.39, 0.29) is 12.4 Å². The molecule has 0 rings (SSSR count). The third-order valence-electron chi connectivity index (χ3n) is 2.32. The second-order valence-corrected chi connectivity index (χ2v) is 3.51. The highest BCUT2D eigenvalue weighted by Crippen LogP contribution is 1.91. The lowest BCUT2D eigenvalue weighted by atomic mass is 10.2. The van der Waals surface area contributed by atoms with Gasteiger partial charge in [0, 0.05) is 13.1 Å². The van der Waals surface area contributed by atoms with Crippen molar-refractivity contribution < 1.29 is 19.8 Å². The van der Waals surface area contributed by atoms with Gasteiger partial charge in [0.2, 0.25) is 0 Å². The number of hydrogen-bond donors (Lipinski definition) is 4. The number of carboxylic acid groups (broad SMARTS) is 2. The average Bonchev–Trinajstić information content (AvgIpc) is 2.22. The lowest BCUT2D eigenvalue weighted by Crippen LogP contribution is -2.43. The molecule has 0 saturated carbocycles. The molecular weight excluding hydrogens is 248 g/mol. The molecule has 0 fully saturated rings. The quantitative estimate of drug-likeness (QED) is 0.450. The SMILES string of the molecule is CCC(NCCNC(CC)C(=O)O)C(=O)O.Cl. The van der Waals surface area contributed by atoms with Crippen LogP contribution in [0.2, 0.25) is 0 Å². The van der Waals surface area contributed by atoms with Crippen LogP contribution in [0.25, 0.3) is 0 Å². The standard InChI is InChI=1S/C10H20N2O4.ClH/c1-3-7(9(13)14)11-5-6-12-8(4-2)10(15)16;/h7-8,11-12H,3-6H2,1-2H3,(H,13,14)(H,15,16);1H. The van der Waals surface area contributed by atoms with Crippen molar-refractivity contribution in [1.82, 2.24) is 10.6 Å². The summed E-state index contributed by atoms with van der Waals surface area (Å²) in [6, 6.07) is -1.13. The van der Waals surface area contributed by atoms with E-state index in [0.717, 1.165) is 0 Å². The molecule has 2 atom stereocenters. The zero-order valence-electron chi connectivity index (χ0n) is 10.1. The van der Waals surface area contributed by atoms with Gasteiger partial charge in [0.25, 0.3) is 0 Å². The number of hydrogen-bond acceptors (Lipinski definition) is 4. The first-order valence-electron chi connectivity index (χ1n) is 5.45. The molecule has 0 saturated heterocycles. The van der Waals surface area contributed by atoms with Crippen molar-refractivity contribution in [3.05, 3.63) is 0 Å². The lowest BCUT2D eigenvalue weighted by Gasteiger charge is -2.15. The van der Waals surface area contributed by atoms with E-state index < -0.39 is 24.0 Å². The fourth-order valence-electron chi connectivity index (χ4n) is 1.31. The van der Waals surface area contributed by atoms with E-state index >= 15 is 0 Å². The van der Waals surface area contributed by atoms with Gasteiger partial charge < -0.3 is 20.8 Å². The van der Waals surface area contributed by atoms with Crippen molar-refractivity contribution in [2.75, 3.05) is 13.1 Å². The summed E-state index contributed by atoms with van der Waals surface area (Å²) in [5.41, 5.74) is 0. The van der Waals surface area contributed by atoms with E-state index in [2.05, 4.69) is 10.6 Å². The number of carboxylic acids is 2. The van der Waals surface area contributed by atoms with Crippen LogP contribution in [0.4, 0.5) is 0 Å². The first-order valence-corrected chi connectivity index (χ1v) is 5.45. The van der Waals surface area contributed by atoms with Crippen LogP contribution in [-0.4, -0.2) is 47.3 Å². The summed E-state index contributed by atoms with van der Waals surface area (Å²) in [4.78, 5) is 21.3. The summed E-state index contributed by atoms with van der Waals surface area (Å²) in [5, 5.41) is 23.1. The van der Waals surface area contributed by atoms with Crippen LogP contribution in [0.3, 0.4) is 0 Å². The second-order valence-electron chi connectivity index (χ2n) is 3.51. The Morgan fingerprint density at radius 1 is 0.941 bits per heavy atom. The summed E-state index contributed by atoms with van der Waals surface area (Å²) in [5.74, 6) is -1.76. The van der Waals surface area contributed by atoms with Crippen molar-refractivity contribution in [3.63, 3.8) is 0 Å². The molecule has 0 bridgehead atoms. The Bertz CT molecular complexity index is 214. The Hall–Kier alpha value is -0.850. The minimum Gasteiger partial charge on any atom is -0.480 e. The summed E-state index contributed by atoms with van der Waals surface area (Å²) >= 11 is 0. The fourth-order valence-corrected chi connectivity index (χ4v) is 1.31. The molecule has 2 unspecified atom stereocenters. The first kappa shape index (κ1) is 18.5. The zero-order valence-corrected chi connectivity index (χ0v) is 10.9. The van der Waals surface area contributed by atoms with Crippen LogP contribution < -0.4 is 10.6 Å². The molecule has 7 heteroatoms. The summed E-state index contributed by atoms with van der Waals surface area (Å²) in [6.45, 7) is 4.44. The molecule has 0 radical (unpaired) electrons. The number of nitrogens with one attached hydrogen (secondary N) is 2. The van der Waals surface area contributed by atoms with E-state index in [1.807, 2.05) is 0 Å². The molecule has 0 heterocycles. The van der Waals surface area contributed by atoms with Crippen LogP contribution >= 0.6 is 12.4 Å². The molecule has 0 spiro atoms. The van der Waals surface area contributed by atoms with Gasteiger partial charge in [0.1, 0.15) is 12.1 Å². The minimum atomic E-state index is -0.882. The third-order valence-corrected chi connectivity index (χ3v) is 2.32. The molecule has 0 aliphatic heterocycles. The van der Waals surface area contributed by atoms with Gasteiger partial charge in [0.15, 0.2) is 0 Å². The molecule has 0 amide bonds. The Labute approximate surface area is 107 Å². The van der Waals surface area contributed by atoms with Gasteiger partial charge in [0.05, 0.1) is 0 Å². The summed E-state index contributed by atoms with van der Waals surface area (Å²) < 4.78 is 0. The summed E-state index contributed by atoms with van der Waals surface area (Å²) in [7, 11) is 0. The lowest BCUT2D eigenvalue weighted by molar-refractivity contribution is -0.140. The van der Waals surface area contributed by atoms with Gasteiger partial charge in [-0.15, -0.1) is 12.4 Å². The Morgan fingerprint density at radius 2 is 1.24 bits per heavy atom. The predicted molar refractivity (Wildman–Crippen MR) is 66.7 cm³/mol. The number of carbonyl (C=O) groups is 2.